The fraction of sp³-hybridized carbons (Fsp3) is 0.500. The van der Waals surface area contributed by atoms with Crippen LogP contribution in [0, 0.1) is 24.7 Å². The Kier molecular flexibility index (Phi) is 4.92. The number of hydrogen-bond donors (Lipinski definition) is 2. The van der Waals surface area contributed by atoms with E-state index in [-0.39, 0.29) is 18.5 Å². The fourth-order valence-electron chi connectivity index (χ4n) is 4.44. The molecule has 2 saturated carbocycles. The summed E-state index contributed by atoms with van der Waals surface area (Å²) >= 11 is 0. The molecule has 3 N–H and O–H groups in total. The molecular formula is C20H25N5O2. The van der Waals surface area contributed by atoms with Crippen molar-refractivity contribution < 1.29 is 9.53 Å². The molecule has 0 unspecified atom stereocenters. The zero-order chi connectivity index (χ0) is 18.8. The molecule has 2 aliphatic rings. The average Bonchev–Trinajstić information content (AvgIpc) is 3.25. The highest BCUT2D eigenvalue weighted by Gasteiger charge is 2.40. The van der Waals surface area contributed by atoms with Crippen LogP contribution in [0.1, 0.15) is 43.5 Å². The molecule has 7 heteroatoms. The number of nitrogens with one attached hydrogen (secondary N) is 1. The van der Waals surface area contributed by atoms with E-state index in [0.717, 1.165) is 17.2 Å². The third kappa shape index (κ3) is 4.18. The van der Waals surface area contributed by atoms with Crippen molar-refractivity contribution in [2.45, 2.75) is 45.6 Å². The van der Waals surface area contributed by atoms with Gasteiger partial charge in [0, 0.05) is 12.1 Å². The molecule has 2 bridgehead atoms. The van der Waals surface area contributed by atoms with E-state index in [2.05, 4.69) is 20.3 Å². The lowest BCUT2D eigenvalue weighted by atomic mass is 9.86. The van der Waals surface area contributed by atoms with Gasteiger partial charge in [0.1, 0.15) is 0 Å². The SMILES string of the molecule is Cc1ccccc1Nc1nc(N)nc(COC(=O)C[C@@H]2C[C@@H]3CC[C@@H]2C3)n1. The van der Waals surface area contributed by atoms with Crippen molar-refractivity contribution in [1.29, 1.82) is 0 Å². The number of para-hydroxylation sites is 1. The molecule has 1 aromatic heterocycles. The first kappa shape index (κ1) is 17.7. The van der Waals surface area contributed by atoms with Gasteiger partial charge in [0.15, 0.2) is 12.4 Å². The van der Waals surface area contributed by atoms with Crippen molar-refractivity contribution in [2.24, 2.45) is 17.8 Å². The molecule has 4 rings (SSSR count). The molecule has 142 valence electrons. The van der Waals surface area contributed by atoms with Crippen LogP contribution in [0.25, 0.3) is 0 Å². The molecule has 0 aliphatic heterocycles. The highest BCUT2D eigenvalue weighted by atomic mass is 16.5. The first-order chi connectivity index (χ1) is 13.1. The number of nitrogens with two attached hydrogens (primary N) is 1. The van der Waals surface area contributed by atoms with Gasteiger partial charge in [-0.3, -0.25) is 4.79 Å². The Labute approximate surface area is 158 Å². The van der Waals surface area contributed by atoms with Crippen molar-refractivity contribution in [2.75, 3.05) is 11.1 Å². The Morgan fingerprint density at radius 1 is 1.22 bits per heavy atom. The Morgan fingerprint density at radius 3 is 2.81 bits per heavy atom. The number of anilines is 3. The van der Waals surface area contributed by atoms with Crippen molar-refractivity contribution in [3.05, 3.63) is 35.7 Å². The second-order valence-electron chi connectivity index (χ2n) is 7.67. The van der Waals surface area contributed by atoms with Gasteiger partial charge in [-0.25, -0.2) is 0 Å². The van der Waals surface area contributed by atoms with E-state index in [0.29, 0.717) is 30.0 Å². The van der Waals surface area contributed by atoms with Gasteiger partial charge in [-0.05, 0) is 55.6 Å². The molecule has 27 heavy (non-hydrogen) atoms. The number of rotatable bonds is 6. The molecule has 0 radical (unpaired) electrons. The second kappa shape index (κ2) is 7.50. The largest absolute Gasteiger partial charge is 0.457 e. The summed E-state index contributed by atoms with van der Waals surface area (Å²) in [7, 11) is 0. The third-order valence-corrected chi connectivity index (χ3v) is 5.77. The Balaban J connectivity index is 1.35. The Hall–Kier alpha value is -2.70. The molecule has 2 aliphatic carbocycles. The Bertz CT molecular complexity index is 841. The molecule has 1 heterocycles. The average molecular weight is 367 g/mol. The quantitative estimate of drug-likeness (QED) is 0.754. The van der Waals surface area contributed by atoms with Crippen LogP contribution in [0.15, 0.2) is 24.3 Å². The minimum atomic E-state index is -0.181. The summed E-state index contributed by atoms with van der Waals surface area (Å²) in [6.45, 7) is 2.00. The highest BCUT2D eigenvalue weighted by molar-refractivity contribution is 5.69. The first-order valence-corrected chi connectivity index (χ1v) is 9.55. The van der Waals surface area contributed by atoms with Crippen molar-refractivity contribution in [3.63, 3.8) is 0 Å². The lowest BCUT2D eigenvalue weighted by molar-refractivity contribution is -0.146. The fourth-order valence-corrected chi connectivity index (χ4v) is 4.44. The summed E-state index contributed by atoms with van der Waals surface area (Å²) in [5.41, 5.74) is 7.74. The van der Waals surface area contributed by atoms with Crippen LogP contribution in [0.2, 0.25) is 0 Å². The maximum absolute atomic E-state index is 12.2. The molecule has 0 saturated heterocycles. The maximum atomic E-state index is 12.2. The van der Waals surface area contributed by atoms with Crippen molar-refractivity contribution in [3.8, 4) is 0 Å². The van der Waals surface area contributed by atoms with Gasteiger partial charge in [-0.2, -0.15) is 15.0 Å². The second-order valence-corrected chi connectivity index (χ2v) is 7.67. The van der Waals surface area contributed by atoms with Crippen LogP contribution in [0.5, 0.6) is 0 Å². The molecule has 2 aromatic rings. The van der Waals surface area contributed by atoms with Crippen LogP contribution in [0.4, 0.5) is 17.6 Å². The van der Waals surface area contributed by atoms with Gasteiger partial charge in [0.25, 0.3) is 0 Å². The van der Waals surface area contributed by atoms with Crippen LogP contribution in [-0.4, -0.2) is 20.9 Å². The smallest absolute Gasteiger partial charge is 0.306 e. The summed E-state index contributed by atoms with van der Waals surface area (Å²) < 4.78 is 5.41. The van der Waals surface area contributed by atoms with Crippen LogP contribution < -0.4 is 11.1 Å². The van der Waals surface area contributed by atoms with Gasteiger partial charge in [0.05, 0.1) is 0 Å². The van der Waals surface area contributed by atoms with Gasteiger partial charge >= 0.3 is 5.97 Å². The van der Waals surface area contributed by atoms with E-state index in [1.807, 2.05) is 31.2 Å². The van der Waals surface area contributed by atoms with Crippen molar-refractivity contribution in [1.82, 2.24) is 15.0 Å². The number of nitrogens with zero attached hydrogens (tertiary/aromatic N) is 3. The summed E-state index contributed by atoms with van der Waals surface area (Å²) in [4.78, 5) is 24.7. The number of esters is 1. The van der Waals surface area contributed by atoms with Crippen LogP contribution in [-0.2, 0) is 16.1 Å². The molecule has 7 nitrogen and oxygen atoms in total. The number of hydrogen-bond acceptors (Lipinski definition) is 7. The van der Waals surface area contributed by atoms with Gasteiger partial charge in [-0.15, -0.1) is 0 Å². The van der Waals surface area contributed by atoms with Gasteiger partial charge in [-0.1, -0.05) is 24.6 Å². The summed E-state index contributed by atoms with van der Waals surface area (Å²) in [6.07, 6.45) is 5.55. The van der Waals surface area contributed by atoms with E-state index in [1.165, 1.54) is 25.7 Å². The molecule has 2 fully saturated rings. The summed E-state index contributed by atoms with van der Waals surface area (Å²) in [5, 5.41) is 3.14. The van der Waals surface area contributed by atoms with E-state index in [4.69, 9.17) is 10.5 Å². The number of ether oxygens (including phenoxy) is 1. The molecule has 1 aromatic carbocycles. The van der Waals surface area contributed by atoms with Gasteiger partial charge in [0.2, 0.25) is 11.9 Å². The van der Waals surface area contributed by atoms with E-state index >= 15 is 0 Å². The highest BCUT2D eigenvalue weighted by Crippen LogP contribution is 2.49. The molecule has 0 spiro atoms. The number of nitrogen functional groups attached to an aromatic ring is 1. The number of aryl methyl sites for hydroxylation is 1. The number of aromatic nitrogens is 3. The predicted octanol–water partition coefficient (Wildman–Crippen LogP) is 3.38. The van der Waals surface area contributed by atoms with Crippen LogP contribution >= 0.6 is 0 Å². The van der Waals surface area contributed by atoms with Crippen LogP contribution in [0.3, 0.4) is 0 Å². The summed E-state index contributed by atoms with van der Waals surface area (Å²) in [6, 6.07) is 7.82. The number of fused-ring (bicyclic) bond motifs is 2. The third-order valence-electron chi connectivity index (χ3n) is 5.77. The number of carbonyl (C=O) groups is 1. The Morgan fingerprint density at radius 2 is 2.07 bits per heavy atom. The minimum absolute atomic E-state index is 0.00875. The summed E-state index contributed by atoms with van der Waals surface area (Å²) in [5.74, 6) is 2.63. The lowest BCUT2D eigenvalue weighted by Crippen LogP contribution is -2.17. The standard InChI is InChI=1S/C20H25N5O2/c1-12-4-2-3-5-16(12)22-20-24-17(23-19(21)25-20)11-27-18(26)10-15-9-13-6-7-14(15)8-13/h2-5,13-15H,6-11H2,1H3,(H3,21,22,23,24,25)/t13-,14-,15+/m1/s1. The molecular weight excluding hydrogens is 342 g/mol. The van der Waals surface area contributed by atoms with E-state index < -0.39 is 0 Å². The first-order valence-electron chi connectivity index (χ1n) is 9.55. The monoisotopic (exact) mass is 367 g/mol. The van der Waals surface area contributed by atoms with E-state index in [1.54, 1.807) is 0 Å². The van der Waals surface area contributed by atoms with Crippen molar-refractivity contribution >= 4 is 23.6 Å². The molecule has 3 atom stereocenters. The lowest BCUT2D eigenvalue weighted by Gasteiger charge is -2.20. The predicted molar refractivity (Wildman–Crippen MR) is 102 cm³/mol. The topological polar surface area (TPSA) is 103 Å². The number of benzene rings is 1. The maximum Gasteiger partial charge on any atom is 0.306 e. The van der Waals surface area contributed by atoms with Gasteiger partial charge < -0.3 is 15.8 Å². The van der Waals surface area contributed by atoms with E-state index in [9.17, 15) is 4.79 Å². The zero-order valence-electron chi connectivity index (χ0n) is 15.5. The molecule has 0 amide bonds. The zero-order valence-corrected chi connectivity index (χ0v) is 15.5. The number of carbonyl (C=O) groups excluding carboxylic acids is 1. The normalized spacial score (nSPS) is 23.4. The minimum Gasteiger partial charge on any atom is -0.457 e.